The van der Waals surface area contributed by atoms with E-state index in [9.17, 15) is 0 Å². The molecule has 1 atom stereocenters. The van der Waals surface area contributed by atoms with Gasteiger partial charge in [0.15, 0.2) is 5.16 Å². The van der Waals surface area contributed by atoms with Crippen LogP contribution in [0.25, 0.3) is 10.2 Å². The zero-order chi connectivity index (χ0) is 18.9. The van der Waals surface area contributed by atoms with Crippen LogP contribution in [0.15, 0.2) is 28.6 Å². The van der Waals surface area contributed by atoms with Gasteiger partial charge in [-0.15, -0.1) is 11.3 Å². The lowest BCUT2D eigenvalue weighted by Crippen LogP contribution is -2.36. The van der Waals surface area contributed by atoms with Crippen LogP contribution in [0.4, 0.5) is 0 Å². The second kappa shape index (κ2) is 8.02. The maximum atomic E-state index is 5.47. The highest BCUT2D eigenvalue weighted by Gasteiger charge is 2.25. The quantitative estimate of drug-likeness (QED) is 0.478. The summed E-state index contributed by atoms with van der Waals surface area (Å²) >= 11 is 3.42. The van der Waals surface area contributed by atoms with Gasteiger partial charge in [-0.2, -0.15) is 0 Å². The van der Waals surface area contributed by atoms with Crippen molar-refractivity contribution in [2.24, 2.45) is 5.92 Å². The minimum Gasteiger partial charge on any atom is -0.379 e. The fourth-order valence-corrected chi connectivity index (χ4v) is 6.22. The zero-order valence-electron chi connectivity index (χ0n) is 15.9. The number of aromatic nitrogens is 4. The number of nitrogens with zero attached hydrogens (tertiary/aromatic N) is 5. The highest BCUT2D eigenvalue weighted by atomic mass is 32.2. The average Bonchev–Trinajstić information content (AvgIpc) is 3.07. The number of fused-ring (bicyclic) bond motifs is 3. The van der Waals surface area contributed by atoms with Gasteiger partial charge in [-0.3, -0.25) is 4.90 Å². The topological polar surface area (TPSA) is 64.0 Å². The van der Waals surface area contributed by atoms with Crippen molar-refractivity contribution in [3.8, 4) is 0 Å². The van der Waals surface area contributed by atoms with E-state index < -0.39 is 0 Å². The van der Waals surface area contributed by atoms with Crippen LogP contribution in [0, 0.1) is 5.92 Å². The lowest BCUT2D eigenvalue weighted by molar-refractivity contribution is 0.0330. The molecule has 28 heavy (non-hydrogen) atoms. The van der Waals surface area contributed by atoms with Gasteiger partial charge in [0, 0.05) is 35.7 Å². The number of morpholine rings is 1. The van der Waals surface area contributed by atoms with Crippen LogP contribution in [0.1, 0.15) is 29.6 Å². The Morgan fingerprint density at radius 3 is 2.86 bits per heavy atom. The number of hydrogen-bond donors (Lipinski definition) is 0. The van der Waals surface area contributed by atoms with Crippen LogP contribution < -0.4 is 0 Å². The van der Waals surface area contributed by atoms with E-state index in [-0.39, 0.29) is 0 Å². The summed E-state index contributed by atoms with van der Waals surface area (Å²) in [4.78, 5) is 23.7. The first kappa shape index (κ1) is 18.4. The maximum Gasteiger partial charge on any atom is 0.193 e. The van der Waals surface area contributed by atoms with E-state index in [1.807, 2.05) is 17.4 Å². The minimum atomic E-state index is 0.740. The van der Waals surface area contributed by atoms with Crippen molar-refractivity contribution in [2.45, 2.75) is 42.9 Å². The third-order valence-electron chi connectivity index (χ3n) is 5.37. The first-order valence-corrected chi connectivity index (χ1v) is 11.5. The molecule has 0 N–H and O–H groups in total. The largest absolute Gasteiger partial charge is 0.379 e. The van der Waals surface area contributed by atoms with Gasteiger partial charge in [0.25, 0.3) is 0 Å². The smallest absolute Gasteiger partial charge is 0.193 e. The summed E-state index contributed by atoms with van der Waals surface area (Å²) in [5, 5.41) is 2.98. The van der Waals surface area contributed by atoms with Gasteiger partial charge in [0.2, 0.25) is 0 Å². The molecule has 8 heteroatoms. The monoisotopic (exact) mass is 413 g/mol. The molecule has 6 nitrogen and oxygen atoms in total. The summed E-state index contributed by atoms with van der Waals surface area (Å²) < 4.78 is 5.47. The Morgan fingerprint density at radius 2 is 2.04 bits per heavy atom. The van der Waals surface area contributed by atoms with Crippen LogP contribution in [-0.2, 0) is 24.1 Å². The highest BCUT2D eigenvalue weighted by molar-refractivity contribution is 7.99. The Balaban J connectivity index is 1.56. The van der Waals surface area contributed by atoms with E-state index in [4.69, 9.17) is 14.7 Å². The second-order valence-corrected chi connectivity index (χ2v) is 9.54. The van der Waals surface area contributed by atoms with Crippen molar-refractivity contribution in [1.29, 1.82) is 0 Å². The average molecular weight is 414 g/mol. The van der Waals surface area contributed by atoms with Gasteiger partial charge in [-0.1, -0.05) is 6.92 Å². The van der Waals surface area contributed by atoms with Gasteiger partial charge in [-0.25, -0.2) is 19.9 Å². The lowest BCUT2D eigenvalue weighted by atomic mass is 9.89. The molecule has 5 rings (SSSR count). The van der Waals surface area contributed by atoms with Crippen LogP contribution in [0.2, 0.25) is 0 Å². The van der Waals surface area contributed by atoms with E-state index in [2.05, 4.69) is 21.8 Å². The van der Waals surface area contributed by atoms with Crippen LogP contribution in [-0.4, -0.2) is 51.1 Å². The predicted octanol–water partition coefficient (Wildman–Crippen LogP) is 3.59. The van der Waals surface area contributed by atoms with Gasteiger partial charge in [0.05, 0.1) is 19.8 Å². The SMILES string of the molecule is C[C@H]1CCc2c(sc3nc(CN4CCOCC4)nc(Sc4ncccn4)c23)C1. The summed E-state index contributed by atoms with van der Waals surface area (Å²) in [6.45, 7) is 6.55. The van der Waals surface area contributed by atoms with Crippen LogP contribution >= 0.6 is 23.1 Å². The Labute approximate surface area is 172 Å². The van der Waals surface area contributed by atoms with E-state index in [0.717, 1.165) is 72.4 Å². The standard InChI is InChI=1S/C20H23N5OS2/c1-13-3-4-14-15(11-13)27-18-17(14)19(28-20-21-5-2-6-22-20)24-16(23-18)12-25-7-9-26-10-8-25/h2,5-6,13H,3-4,7-12H2,1H3/t13-/m0/s1. The molecule has 4 heterocycles. The molecule has 1 fully saturated rings. The van der Waals surface area contributed by atoms with E-state index in [1.165, 1.54) is 22.2 Å². The molecule has 0 saturated carbocycles. The molecule has 0 unspecified atom stereocenters. The second-order valence-electron chi connectivity index (χ2n) is 7.50. The van der Waals surface area contributed by atoms with Gasteiger partial charge < -0.3 is 4.74 Å². The van der Waals surface area contributed by atoms with Crippen molar-refractivity contribution in [1.82, 2.24) is 24.8 Å². The van der Waals surface area contributed by atoms with E-state index in [1.54, 1.807) is 24.2 Å². The van der Waals surface area contributed by atoms with Gasteiger partial charge >= 0.3 is 0 Å². The summed E-state index contributed by atoms with van der Waals surface area (Å²) in [5.41, 5.74) is 1.45. The molecule has 3 aromatic heterocycles. The fraction of sp³-hybridized carbons (Fsp3) is 0.500. The number of ether oxygens (including phenoxy) is 1. The molecule has 0 amide bonds. The van der Waals surface area contributed by atoms with Crippen LogP contribution in [0.3, 0.4) is 0 Å². The molecule has 3 aromatic rings. The Bertz CT molecular complexity index is 972. The Kier molecular flexibility index (Phi) is 5.28. The lowest BCUT2D eigenvalue weighted by Gasteiger charge is -2.25. The van der Waals surface area contributed by atoms with Crippen molar-refractivity contribution in [3.05, 3.63) is 34.7 Å². The molecule has 1 aliphatic carbocycles. The van der Waals surface area contributed by atoms with Gasteiger partial charge in [0.1, 0.15) is 15.7 Å². The summed E-state index contributed by atoms with van der Waals surface area (Å²) in [5.74, 6) is 1.63. The number of thiophene rings is 1. The first-order chi connectivity index (χ1) is 13.8. The molecular weight excluding hydrogens is 390 g/mol. The maximum absolute atomic E-state index is 5.47. The molecule has 146 valence electrons. The van der Waals surface area contributed by atoms with Gasteiger partial charge in [-0.05, 0) is 48.6 Å². The highest BCUT2D eigenvalue weighted by Crippen LogP contribution is 2.42. The van der Waals surface area contributed by atoms with Crippen LogP contribution in [0.5, 0.6) is 0 Å². The number of hydrogen-bond acceptors (Lipinski definition) is 8. The first-order valence-electron chi connectivity index (χ1n) is 9.82. The molecule has 0 bridgehead atoms. The summed E-state index contributed by atoms with van der Waals surface area (Å²) in [7, 11) is 0. The molecule has 0 spiro atoms. The van der Waals surface area contributed by atoms with Crippen molar-refractivity contribution in [3.63, 3.8) is 0 Å². The number of rotatable bonds is 4. The Morgan fingerprint density at radius 1 is 1.21 bits per heavy atom. The Hall–Kier alpha value is -1.61. The normalized spacial score (nSPS) is 20.4. The van der Waals surface area contributed by atoms with E-state index in [0.29, 0.717) is 0 Å². The molecular formula is C20H23N5OS2. The van der Waals surface area contributed by atoms with Crippen molar-refractivity contribution >= 4 is 33.3 Å². The van der Waals surface area contributed by atoms with Crippen molar-refractivity contribution < 1.29 is 4.74 Å². The summed E-state index contributed by atoms with van der Waals surface area (Å²) in [6, 6.07) is 1.84. The third-order valence-corrected chi connectivity index (χ3v) is 7.40. The molecule has 0 aromatic carbocycles. The fourth-order valence-electron chi connectivity index (χ4n) is 3.88. The third kappa shape index (κ3) is 3.78. The predicted molar refractivity (Wildman–Crippen MR) is 111 cm³/mol. The molecule has 1 saturated heterocycles. The molecule has 1 aliphatic heterocycles. The van der Waals surface area contributed by atoms with Crippen molar-refractivity contribution in [2.75, 3.05) is 26.3 Å². The molecule has 2 aliphatic rings. The summed E-state index contributed by atoms with van der Waals surface area (Å²) in [6.07, 6.45) is 7.08. The zero-order valence-corrected chi connectivity index (χ0v) is 17.6. The number of aryl methyl sites for hydroxylation is 1. The van der Waals surface area contributed by atoms with E-state index >= 15 is 0 Å². The minimum absolute atomic E-state index is 0.740. The molecule has 0 radical (unpaired) electrons.